The molecule has 3 N–H and O–H groups in total. The van der Waals surface area contributed by atoms with E-state index in [0.29, 0.717) is 37.8 Å². The predicted octanol–water partition coefficient (Wildman–Crippen LogP) is 0.206. The molecule has 0 aliphatic heterocycles. The van der Waals surface area contributed by atoms with E-state index in [4.69, 9.17) is 4.74 Å². The molecule has 0 saturated heterocycles. The van der Waals surface area contributed by atoms with Crippen molar-refractivity contribution >= 4 is 17.8 Å². The van der Waals surface area contributed by atoms with Crippen LogP contribution in [-0.4, -0.2) is 70.1 Å². The Kier molecular flexibility index (Phi) is 9.78. The number of hydrogen-bond acceptors (Lipinski definition) is 4. The molecule has 2 amide bonds. The van der Waals surface area contributed by atoms with E-state index in [1.54, 1.807) is 33.3 Å². The lowest BCUT2D eigenvalue weighted by Crippen LogP contribution is -2.43. The largest absolute Gasteiger partial charge is 0.383 e. The summed E-state index contributed by atoms with van der Waals surface area (Å²) in [6.45, 7) is 4.17. The molecule has 0 spiro atoms. The Hall–Kier alpha value is -2.61. The van der Waals surface area contributed by atoms with Gasteiger partial charge in [-0.05, 0) is 24.6 Å². The molecule has 26 heavy (non-hydrogen) atoms. The van der Waals surface area contributed by atoms with Crippen molar-refractivity contribution in [1.29, 1.82) is 0 Å². The summed E-state index contributed by atoms with van der Waals surface area (Å²) in [5, 5.41) is 8.82. The van der Waals surface area contributed by atoms with Crippen molar-refractivity contribution in [2.75, 3.05) is 47.4 Å². The summed E-state index contributed by atoms with van der Waals surface area (Å²) in [6.07, 6.45) is 0. The summed E-state index contributed by atoms with van der Waals surface area (Å²) >= 11 is 0. The zero-order valence-electron chi connectivity index (χ0n) is 16.0. The Morgan fingerprint density at radius 1 is 1.12 bits per heavy atom. The van der Waals surface area contributed by atoms with Gasteiger partial charge in [0.2, 0.25) is 5.91 Å². The van der Waals surface area contributed by atoms with Gasteiger partial charge in [0.15, 0.2) is 5.96 Å². The molecule has 0 aliphatic carbocycles. The zero-order valence-corrected chi connectivity index (χ0v) is 16.0. The summed E-state index contributed by atoms with van der Waals surface area (Å²) in [4.78, 5) is 29.6. The average Bonchev–Trinajstić information content (AvgIpc) is 2.64. The van der Waals surface area contributed by atoms with Crippen LogP contribution in [0.5, 0.6) is 0 Å². The van der Waals surface area contributed by atoms with Crippen LogP contribution in [0.1, 0.15) is 22.8 Å². The third kappa shape index (κ3) is 7.98. The van der Waals surface area contributed by atoms with Crippen LogP contribution in [0.3, 0.4) is 0 Å². The molecule has 0 aliphatic rings. The highest BCUT2D eigenvalue weighted by molar-refractivity contribution is 5.93. The summed E-state index contributed by atoms with van der Waals surface area (Å²) in [7, 11) is 5.03. The van der Waals surface area contributed by atoms with Gasteiger partial charge in [-0.2, -0.15) is 0 Å². The molecule has 1 aromatic carbocycles. The number of rotatable bonds is 9. The number of nitrogens with zero attached hydrogens (tertiary/aromatic N) is 2. The average molecular weight is 363 g/mol. The highest BCUT2D eigenvalue weighted by Crippen LogP contribution is 2.07. The van der Waals surface area contributed by atoms with Crippen molar-refractivity contribution in [2.24, 2.45) is 4.99 Å². The third-order valence-electron chi connectivity index (χ3n) is 3.42. The number of guanidine groups is 1. The van der Waals surface area contributed by atoms with Crippen molar-refractivity contribution in [1.82, 2.24) is 20.9 Å². The number of benzene rings is 1. The molecule has 0 aromatic heterocycles. The standard InChI is InChI=1S/C18H29N5O3/c1-5-19-18(22-13-16(24)20-10-11-26-4)21-12-14-6-8-15(9-7-14)17(25)23(2)3/h6-9H,5,10-13H2,1-4H3,(H,20,24)(H2,19,21,22). The number of amides is 2. The van der Waals surface area contributed by atoms with Crippen LogP contribution in [-0.2, 0) is 16.1 Å². The molecular weight excluding hydrogens is 334 g/mol. The predicted molar refractivity (Wildman–Crippen MR) is 102 cm³/mol. The molecule has 144 valence electrons. The third-order valence-corrected chi connectivity index (χ3v) is 3.42. The maximum Gasteiger partial charge on any atom is 0.253 e. The Balaban J connectivity index is 2.57. The number of carbonyl (C=O) groups excluding carboxylic acids is 2. The first kappa shape index (κ1) is 21.4. The fourth-order valence-corrected chi connectivity index (χ4v) is 2.04. The van der Waals surface area contributed by atoms with Crippen LogP contribution < -0.4 is 16.0 Å². The number of ether oxygens (including phenoxy) is 1. The lowest BCUT2D eigenvalue weighted by molar-refractivity contribution is -0.120. The van der Waals surface area contributed by atoms with Gasteiger partial charge in [-0.3, -0.25) is 9.59 Å². The molecule has 1 rings (SSSR count). The second-order valence-electron chi connectivity index (χ2n) is 5.79. The quantitative estimate of drug-likeness (QED) is 0.331. The Morgan fingerprint density at radius 2 is 1.81 bits per heavy atom. The molecule has 0 radical (unpaired) electrons. The molecule has 8 nitrogen and oxygen atoms in total. The molecule has 0 atom stereocenters. The minimum atomic E-state index is -0.126. The monoisotopic (exact) mass is 363 g/mol. The summed E-state index contributed by atoms with van der Waals surface area (Å²) < 4.78 is 4.89. The van der Waals surface area contributed by atoms with Gasteiger partial charge in [0.1, 0.15) is 0 Å². The lowest BCUT2D eigenvalue weighted by atomic mass is 10.1. The number of hydrogen-bond donors (Lipinski definition) is 3. The van der Waals surface area contributed by atoms with Crippen LogP contribution in [0.4, 0.5) is 0 Å². The summed E-state index contributed by atoms with van der Waals surface area (Å²) in [5.74, 6) is 0.400. The van der Waals surface area contributed by atoms with Crippen LogP contribution in [0, 0.1) is 0 Å². The highest BCUT2D eigenvalue weighted by Gasteiger charge is 2.07. The van der Waals surface area contributed by atoms with Gasteiger partial charge in [-0.1, -0.05) is 12.1 Å². The van der Waals surface area contributed by atoms with E-state index in [-0.39, 0.29) is 18.4 Å². The van der Waals surface area contributed by atoms with Crippen LogP contribution >= 0.6 is 0 Å². The fourth-order valence-electron chi connectivity index (χ4n) is 2.04. The SMILES string of the molecule is CCNC(=NCc1ccc(C(=O)N(C)C)cc1)NCC(=O)NCCOC. The maximum absolute atomic E-state index is 11.9. The number of aliphatic imine (C=N–C) groups is 1. The first-order chi connectivity index (χ1) is 12.5. The van der Waals surface area contributed by atoms with Gasteiger partial charge in [-0.15, -0.1) is 0 Å². The molecule has 0 unspecified atom stereocenters. The minimum absolute atomic E-state index is 0.0328. The first-order valence-electron chi connectivity index (χ1n) is 8.56. The number of carbonyl (C=O) groups is 2. The van der Waals surface area contributed by atoms with E-state index < -0.39 is 0 Å². The topological polar surface area (TPSA) is 95.1 Å². The van der Waals surface area contributed by atoms with Gasteiger partial charge in [0, 0.05) is 39.9 Å². The highest BCUT2D eigenvalue weighted by atomic mass is 16.5. The molecule has 0 bridgehead atoms. The Morgan fingerprint density at radius 3 is 2.38 bits per heavy atom. The van der Waals surface area contributed by atoms with E-state index in [9.17, 15) is 9.59 Å². The number of methoxy groups -OCH3 is 1. The smallest absolute Gasteiger partial charge is 0.253 e. The van der Waals surface area contributed by atoms with Gasteiger partial charge >= 0.3 is 0 Å². The normalized spacial score (nSPS) is 11.0. The van der Waals surface area contributed by atoms with Crippen LogP contribution in [0.2, 0.25) is 0 Å². The van der Waals surface area contributed by atoms with Gasteiger partial charge in [0.25, 0.3) is 5.91 Å². The molecule has 0 heterocycles. The Labute approximate surface area is 155 Å². The minimum Gasteiger partial charge on any atom is -0.383 e. The molecular formula is C18H29N5O3. The molecule has 0 saturated carbocycles. The second kappa shape index (κ2) is 11.9. The van der Waals surface area contributed by atoms with Crippen molar-refractivity contribution in [2.45, 2.75) is 13.5 Å². The van der Waals surface area contributed by atoms with Gasteiger partial charge in [-0.25, -0.2) is 4.99 Å². The van der Waals surface area contributed by atoms with Crippen molar-refractivity contribution in [3.63, 3.8) is 0 Å². The van der Waals surface area contributed by atoms with E-state index in [2.05, 4.69) is 20.9 Å². The first-order valence-corrected chi connectivity index (χ1v) is 8.56. The summed E-state index contributed by atoms with van der Waals surface area (Å²) in [5.41, 5.74) is 1.61. The van der Waals surface area contributed by atoms with E-state index in [0.717, 1.165) is 5.56 Å². The molecule has 8 heteroatoms. The number of nitrogens with one attached hydrogen (secondary N) is 3. The molecule has 0 fully saturated rings. The zero-order chi connectivity index (χ0) is 19.4. The van der Waals surface area contributed by atoms with Crippen LogP contribution in [0.25, 0.3) is 0 Å². The van der Waals surface area contributed by atoms with E-state index in [1.165, 1.54) is 4.90 Å². The lowest BCUT2D eigenvalue weighted by Gasteiger charge is -2.12. The van der Waals surface area contributed by atoms with Crippen LogP contribution in [0.15, 0.2) is 29.3 Å². The van der Waals surface area contributed by atoms with Crippen molar-refractivity contribution < 1.29 is 14.3 Å². The van der Waals surface area contributed by atoms with Crippen molar-refractivity contribution in [3.8, 4) is 0 Å². The molecule has 1 aromatic rings. The summed E-state index contributed by atoms with van der Waals surface area (Å²) in [6, 6.07) is 7.33. The van der Waals surface area contributed by atoms with E-state index in [1.807, 2.05) is 19.1 Å². The second-order valence-corrected chi connectivity index (χ2v) is 5.79. The fraction of sp³-hybridized carbons (Fsp3) is 0.500. The van der Waals surface area contributed by atoms with E-state index >= 15 is 0 Å². The van der Waals surface area contributed by atoms with Crippen molar-refractivity contribution in [3.05, 3.63) is 35.4 Å². The Bertz CT molecular complexity index is 599. The van der Waals surface area contributed by atoms with Gasteiger partial charge in [0.05, 0.1) is 19.7 Å². The van der Waals surface area contributed by atoms with Gasteiger partial charge < -0.3 is 25.6 Å². The maximum atomic E-state index is 11.9.